The molecule has 1 aromatic rings. The molecule has 1 saturated carbocycles. The summed E-state index contributed by atoms with van der Waals surface area (Å²) in [5.41, 5.74) is 1.01. The highest BCUT2D eigenvalue weighted by Crippen LogP contribution is 2.26. The summed E-state index contributed by atoms with van der Waals surface area (Å²) >= 11 is 0. The molecule has 0 N–H and O–H groups in total. The van der Waals surface area contributed by atoms with Crippen LogP contribution in [0.25, 0.3) is 0 Å². The highest BCUT2D eigenvalue weighted by molar-refractivity contribution is 5.86. The molecule has 1 aromatic heterocycles. The summed E-state index contributed by atoms with van der Waals surface area (Å²) in [4.78, 5) is 34.3. The van der Waals surface area contributed by atoms with E-state index in [0.29, 0.717) is 19.7 Å². The highest BCUT2D eigenvalue weighted by atomic mass is 16.5. The Labute approximate surface area is 179 Å². The van der Waals surface area contributed by atoms with Crippen LogP contribution in [0.1, 0.15) is 56.9 Å². The van der Waals surface area contributed by atoms with Crippen molar-refractivity contribution in [1.82, 2.24) is 14.8 Å². The summed E-state index contributed by atoms with van der Waals surface area (Å²) in [6.07, 6.45) is 15.9. The van der Waals surface area contributed by atoms with Crippen molar-refractivity contribution in [3.05, 3.63) is 42.2 Å². The Morgan fingerprint density at radius 3 is 2.73 bits per heavy atom. The molecule has 2 atom stereocenters. The van der Waals surface area contributed by atoms with Gasteiger partial charge >= 0.3 is 0 Å². The third kappa shape index (κ3) is 5.28. The van der Waals surface area contributed by atoms with Gasteiger partial charge in [0.2, 0.25) is 11.8 Å². The molecule has 0 radical (unpaired) electrons. The van der Waals surface area contributed by atoms with Crippen molar-refractivity contribution in [2.24, 2.45) is 5.92 Å². The maximum atomic E-state index is 13.2. The first-order valence-electron chi connectivity index (χ1n) is 11.4. The smallest absolute Gasteiger partial charge is 0.242 e. The summed E-state index contributed by atoms with van der Waals surface area (Å²) < 4.78 is 6.24. The van der Waals surface area contributed by atoms with Crippen LogP contribution in [-0.2, 0) is 20.9 Å². The van der Waals surface area contributed by atoms with Crippen molar-refractivity contribution in [1.29, 1.82) is 0 Å². The Balaban J connectivity index is 1.48. The minimum absolute atomic E-state index is 0.0111. The Bertz CT molecular complexity index is 745. The van der Waals surface area contributed by atoms with Crippen LogP contribution < -0.4 is 0 Å². The second-order valence-electron chi connectivity index (χ2n) is 8.83. The fourth-order valence-electron chi connectivity index (χ4n) is 4.94. The van der Waals surface area contributed by atoms with E-state index < -0.39 is 0 Å². The molecule has 2 heterocycles. The maximum Gasteiger partial charge on any atom is 0.242 e. The first-order valence-corrected chi connectivity index (χ1v) is 11.4. The summed E-state index contributed by atoms with van der Waals surface area (Å²) in [5.74, 6) is 0.172. The van der Waals surface area contributed by atoms with Gasteiger partial charge in [-0.25, -0.2) is 0 Å². The van der Waals surface area contributed by atoms with Crippen LogP contribution in [0.4, 0.5) is 0 Å². The predicted octanol–water partition coefficient (Wildman–Crippen LogP) is 3.33. The van der Waals surface area contributed by atoms with Gasteiger partial charge in [-0.05, 0) is 43.7 Å². The van der Waals surface area contributed by atoms with E-state index in [1.165, 1.54) is 19.3 Å². The summed E-state index contributed by atoms with van der Waals surface area (Å²) in [6, 6.07) is 4.17. The minimum atomic E-state index is -0.179. The number of carbonyl (C=O) groups excluding carboxylic acids is 2. The average molecular weight is 412 g/mol. The van der Waals surface area contributed by atoms with Crippen molar-refractivity contribution >= 4 is 11.8 Å². The molecule has 162 valence electrons. The average Bonchev–Trinajstić information content (AvgIpc) is 2.98. The third-order valence-corrected chi connectivity index (χ3v) is 6.62. The Morgan fingerprint density at radius 2 is 2.00 bits per heavy atom. The number of rotatable bonds is 5. The lowest BCUT2D eigenvalue weighted by molar-refractivity contribution is -0.142. The molecule has 1 aliphatic heterocycles. The van der Waals surface area contributed by atoms with Crippen molar-refractivity contribution in [2.75, 3.05) is 19.6 Å². The molecule has 1 saturated heterocycles. The number of hydrogen-bond donors (Lipinski definition) is 0. The zero-order valence-corrected chi connectivity index (χ0v) is 17.7. The van der Waals surface area contributed by atoms with Gasteiger partial charge in [-0.2, -0.15) is 0 Å². The largest absolute Gasteiger partial charge is 0.370 e. The van der Waals surface area contributed by atoms with Crippen LogP contribution in [0, 0.1) is 5.92 Å². The van der Waals surface area contributed by atoms with E-state index in [2.05, 4.69) is 17.1 Å². The van der Waals surface area contributed by atoms with E-state index in [9.17, 15) is 9.59 Å². The summed E-state index contributed by atoms with van der Waals surface area (Å²) in [6.45, 7) is 1.67. The van der Waals surface area contributed by atoms with Crippen molar-refractivity contribution in [2.45, 2.75) is 70.1 Å². The fourth-order valence-corrected chi connectivity index (χ4v) is 4.94. The van der Waals surface area contributed by atoms with Crippen LogP contribution >= 0.6 is 0 Å². The molecule has 6 nitrogen and oxygen atoms in total. The van der Waals surface area contributed by atoms with Gasteiger partial charge in [0.25, 0.3) is 0 Å². The molecule has 2 amide bonds. The number of nitrogens with zero attached hydrogens (tertiary/aromatic N) is 3. The number of hydrogen-bond acceptors (Lipinski definition) is 4. The molecule has 2 fully saturated rings. The van der Waals surface area contributed by atoms with Gasteiger partial charge in [0, 0.05) is 37.4 Å². The number of ether oxygens (including phenoxy) is 1. The normalized spacial score (nSPS) is 25.9. The monoisotopic (exact) mass is 411 g/mol. The molecule has 0 unspecified atom stereocenters. The number of aromatic nitrogens is 1. The first kappa shape index (κ1) is 21.0. The topological polar surface area (TPSA) is 62.7 Å². The van der Waals surface area contributed by atoms with Gasteiger partial charge < -0.3 is 14.5 Å². The van der Waals surface area contributed by atoms with Gasteiger partial charge in [0.1, 0.15) is 0 Å². The van der Waals surface area contributed by atoms with Crippen LogP contribution in [0.3, 0.4) is 0 Å². The number of allylic oxidation sites excluding steroid dienone is 2. The lowest BCUT2D eigenvalue weighted by Gasteiger charge is -2.34. The van der Waals surface area contributed by atoms with E-state index >= 15 is 0 Å². The second-order valence-corrected chi connectivity index (χ2v) is 8.83. The van der Waals surface area contributed by atoms with Crippen molar-refractivity contribution < 1.29 is 14.3 Å². The quantitative estimate of drug-likeness (QED) is 0.698. The summed E-state index contributed by atoms with van der Waals surface area (Å²) in [7, 11) is 0. The van der Waals surface area contributed by atoms with Crippen LogP contribution in [-0.4, -0.2) is 58.4 Å². The Kier molecular flexibility index (Phi) is 7.16. The van der Waals surface area contributed by atoms with Gasteiger partial charge in [-0.15, -0.1) is 0 Å². The van der Waals surface area contributed by atoms with E-state index in [-0.39, 0.29) is 36.4 Å². The fraction of sp³-hybridized carbons (Fsp3) is 0.625. The van der Waals surface area contributed by atoms with Crippen molar-refractivity contribution in [3.8, 4) is 0 Å². The van der Waals surface area contributed by atoms with Gasteiger partial charge in [-0.1, -0.05) is 37.5 Å². The molecule has 0 bridgehead atoms. The zero-order chi connectivity index (χ0) is 20.8. The summed E-state index contributed by atoms with van der Waals surface area (Å²) in [5, 5.41) is 0. The maximum absolute atomic E-state index is 13.2. The highest BCUT2D eigenvalue weighted by Gasteiger charge is 2.36. The lowest BCUT2D eigenvalue weighted by atomic mass is 9.93. The van der Waals surface area contributed by atoms with Gasteiger partial charge in [0.05, 0.1) is 19.3 Å². The second kappa shape index (κ2) is 10.2. The van der Waals surface area contributed by atoms with Gasteiger partial charge in [-0.3, -0.25) is 14.6 Å². The molecule has 0 aromatic carbocycles. The number of amides is 2. The molecule has 0 spiro atoms. The predicted molar refractivity (Wildman–Crippen MR) is 114 cm³/mol. The van der Waals surface area contributed by atoms with E-state index in [1.54, 1.807) is 17.3 Å². The van der Waals surface area contributed by atoms with E-state index in [0.717, 1.165) is 37.7 Å². The van der Waals surface area contributed by atoms with Crippen LogP contribution in [0.5, 0.6) is 0 Å². The van der Waals surface area contributed by atoms with E-state index in [4.69, 9.17) is 4.74 Å². The van der Waals surface area contributed by atoms with E-state index in [1.807, 2.05) is 17.0 Å². The molecular weight excluding hydrogens is 378 g/mol. The molecule has 3 aliphatic rings. The van der Waals surface area contributed by atoms with Gasteiger partial charge in [0.15, 0.2) is 0 Å². The Morgan fingerprint density at radius 1 is 1.13 bits per heavy atom. The lowest BCUT2D eigenvalue weighted by Crippen LogP contribution is -2.46. The third-order valence-electron chi connectivity index (χ3n) is 6.62. The number of pyridine rings is 1. The minimum Gasteiger partial charge on any atom is -0.370 e. The van der Waals surface area contributed by atoms with Crippen LogP contribution in [0.2, 0.25) is 0 Å². The molecule has 30 heavy (non-hydrogen) atoms. The molecule has 2 aliphatic carbocycles. The SMILES string of the molecule is O=C([C@@H]1CC=CCC1)N1CC(=O)N(C2CCCCC2)C[C@@H](OCc2cccnc2)C1. The van der Waals surface area contributed by atoms with Crippen molar-refractivity contribution in [3.63, 3.8) is 0 Å². The molecule has 6 heteroatoms. The standard InChI is InChI=1S/C24H33N3O3/c28-23-17-26(24(29)20-9-3-1-4-10-20)15-22(30-18-19-8-7-13-25-14-19)16-27(23)21-11-5-2-6-12-21/h1,3,7-8,13-14,20-22H,2,4-6,9-12,15-18H2/t20-,22+/m1/s1. The molecule has 4 rings (SSSR count). The number of carbonyl (C=O) groups is 2. The first-order chi connectivity index (χ1) is 14.7. The molecular formula is C24H33N3O3. The Hall–Kier alpha value is -2.21. The zero-order valence-electron chi connectivity index (χ0n) is 17.7. The van der Waals surface area contributed by atoms with Crippen LogP contribution in [0.15, 0.2) is 36.7 Å².